The van der Waals surface area contributed by atoms with E-state index in [-0.39, 0.29) is 25.0 Å². The number of carbonyl (C=O) groups is 3. The lowest BCUT2D eigenvalue weighted by molar-refractivity contribution is -0.154. The van der Waals surface area contributed by atoms with Crippen LogP contribution in [0.15, 0.2) is 78.9 Å². The summed E-state index contributed by atoms with van der Waals surface area (Å²) in [6.45, 7) is 2.25. The minimum atomic E-state index is -1.03. The van der Waals surface area contributed by atoms with E-state index in [1.807, 2.05) is 67.6 Å². The number of hydrogen-bond acceptors (Lipinski definition) is 7. The van der Waals surface area contributed by atoms with Gasteiger partial charge in [0.2, 0.25) is 5.91 Å². The van der Waals surface area contributed by atoms with Gasteiger partial charge in [0.25, 0.3) is 5.91 Å². The van der Waals surface area contributed by atoms with Gasteiger partial charge in [-0.05, 0) is 56.0 Å². The maximum Gasteiger partial charge on any atom is 0.311 e. The molecule has 0 radical (unpaired) electrons. The monoisotopic (exact) mass is 588 g/mol. The van der Waals surface area contributed by atoms with Gasteiger partial charge in [0, 0.05) is 17.0 Å². The first-order chi connectivity index (χ1) is 20.3. The number of aliphatic hydroxyl groups excluding tert-OH is 1. The molecule has 42 heavy (non-hydrogen) atoms. The summed E-state index contributed by atoms with van der Waals surface area (Å²) < 4.78 is 9.26. The Morgan fingerprint density at radius 1 is 1.02 bits per heavy atom. The van der Waals surface area contributed by atoms with Crippen molar-refractivity contribution in [3.8, 4) is 5.75 Å². The van der Waals surface area contributed by atoms with Crippen molar-refractivity contribution in [3.63, 3.8) is 0 Å². The molecule has 2 saturated heterocycles. The van der Waals surface area contributed by atoms with Gasteiger partial charge in [-0.2, -0.15) is 0 Å². The smallest absolute Gasteiger partial charge is 0.311 e. The van der Waals surface area contributed by atoms with Crippen LogP contribution in [0.1, 0.15) is 25.3 Å². The van der Waals surface area contributed by atoms with Gasteiger partial charge in [-0.25, -0.2) is 0 Å². The van der Waals surface area contributed by atoms with Gasteiger partial charge in [-0.3, -0.25) is 14.4 Å². The van der Waals surface area contributed by atoms with E-state index in [9.17, 15) is 19.5 Å². The van der Waals surface area contributed by atoms with E-state index in [2.05, 4.69) is 6.08 Å². The van der Waals surface area contributed by atoms with Crippen LogP contribution in [0.2, 0.25) is 0 Å². The fourth-order valence-corrected chi connectivity index (χ4v) is 9.24. The van der Waals surface area contributed by atoms with Gasteiger partial charge in [-0.1, -0.05) is 54.6 Å². The minimum Gasteiger partial charge on any atom is -0.497 e. The van der Waals surface area contributed by atoms with Gasteiger partial charge in [-0.15, -0.1) is 11.8 Å². The van der Waals surface area contributed by atoms with E-state index < -0.39 is 39.4 Å². The number of allylic oxidation sites excluding steroid dienone is 1. The van der Waals surface area contributed by atoms with Crippen molar-refractivity contribution >= 4 is 35.2 Å². The van der Waals surface area contributed by atoms with Crippen LogP contribution in [0, 0.1) is 11.8 Å². The number of methoxy groups -OCH3 is 1. The van der Waals surface area contributed by atoms with E-state index in [0.29, 0.717) is 30.8 Å². The summed E-state index contributed by atoms with van der Waals surface area (Å²) in [5, 5.41) is 10.7. The van der Waals surface area contributed by atoms with Crippen LogP contribution < -0.4 is 9.64 Å². The fraction of sp³-hybridized carbons (Fsp3) is 0.424. The number of likely N-dealkylation sites (tertiary alicyclic amines) is 1. The topological polar surface area (TPSA) is 96.4 Å². The predicted octanol–water partition coefficient (Wildman–Crippen LogP) is 3.78. The molecule has 1 spiro atoms. The molecule has 1 N–H and O–H groups in total. The Balaban J connectivity index is 1.49. The molecule has 0 bridgehead atoms. The first-order valence-electron chi connectivity index (χ1n) is 14.5. The molecule has 2 fully saturated rings. The predicted molar refractivity (Wildman–Crippen MR) is 161 cm³/mol. The Morgan fingerprint density at radius 3 is 2.50 bits per heavy atom. The zero-order valence-electron chi connectivity index (χ0n) is 23.8. The second kappa shape index (κ2) is 11.3. The number of ether oxygens (including phenoxy) is 2. The standard InChI is InChI=1S/C33H36N2O6S/c1-32-16-7-4-8-19-41-31(39)27(32)26-29(37)35(24(21-36)20-22-10-5-3-6-11-22)28-30(38)34(18-9-17-33(26,28)42-32)23-12-14-25(40-2)15-13-23/h3,5-7,9-17,24,26-28,36H,4,8,18-21H2,1-2H3/b16-7-/t24-,26+,27-,28?,32+,33+/m1/s1. The van der Waals surface area contributed by atoms with Crippen LogP contribution in [-0.4, -0.2) is 76.2 Å². The van der Waals surface area contributed by atoms with E-state index >= 15 is 0 Å². The third-order valence-corrected chi connectivity index (χ3v) is 10.8. The zero-order valence-corrected chi connectivity index (χ0v) is 24.7. The fourth-order valence-electron chi connectivity index (χ4n) is 7.10. The summed E-state index contributed by atoms with van der Waals surface area (Å²) in [5.41, 5.74) is 1.62. The summed E-state index contributed by atoms with van der Waals surface area (Å²) in [5.74, 6) is -1.88. The molecular weight excluding hydrogens is 552 g/mol. The van der Waals surface area contributed by atoms with E-state index in [1.165, 1.54) is 11.8 Å². The maximum absolute atomic E-state index is 14.8. The number of benzene rings is 2. The highest BCUT2D eigenvalue weighted by molar-refractivity contribution is 8.02. The van der Waals surface area contributed by atoms with Crippen LogP contribution in [0.4, 0.5) is 5.69 Å². The third kappa shape index (κ3) is 4.63. The average molecular weight is 589 g/mol. The summed E-state index contributed by atoms with van der Waals surface area (Å²) in [6.07, 6.45) is 9.87. The molecule has 4 heterocycles. The number of anilines is 1. The number of cyclic esters (lactones) is 1. The molecule has 4 aliphatic heterocycles. The lowest BCUT2D eigenvalue weighted by atomic mass is 9.74. The summed E-state index contributed by atoms with van der Waals surface area (Å²) in [4.78, 5) is 46.4. The first-order valence-corrected chi connectivity index (χ1v) is 15.3. The Kier molecular flexibility index (Phi) is 7.66. The Labute approximate surface area is 250 Å². The molecule has 0 saturated carbocycles. The summed E-state index contributed by atoms with van der Waals surface area (Å²) >= 11 is 1.51. The third-order valence-electron chi connectivity index (χ3n) is 8.99. The molecular formula is C33H36N2O6S. The van der Waals surface area contributed by atoms with Crippen molar-refractivity contribution < 1.29 is 29.0 Å². The van der Waals surface area contributed by atoms with Gasteiger partial charge in [0.15, 0.2) is 0 Å². The van der Waals surface area contributed by atoms with E-state index in [1.54, 1.807) is 29.0 Å². The molecule has 6 rings (SSSR count). The van der Waals surface area contributed by atoms with E-state index in [4.69, 9.17) is 9.47 Å². The molecule has 1 unspecified atom stereocenters. The lowest BCUT2D eigenvalue weighted by Crippen LogP contribution is -2.57. The van der Waals surface area contributed by atoms with Crippen molar-refractivity contribution in [2.45, 2.75) is 47.8 Å². The number of rotatable bonds is 6. The highest BCUT2D eigenvalue weighted by Crippen LogP contribution is 2.65. The number of nitrogens with zero attached hydrogens (tertiary/aromatic N) is 2. The van der Waals surface area contributed by atoms with Crippen molar-refractivity contribution in [1.29, 1.82) is 0 Å². The van der Waals surface area contributed by atoms with Crippen LogP contribution in [0.3, 0.4) is 0 Å². The second-order valence-electron chi connectivity index (χ2n) is 11.5. The molecule has 220 valence electrons. The van der Waals surface area contributed by atoms with Crippen LogP contribution >= 0.6 is 11.8 Å². The Bertz CT molecular complexity index is 1410. The molecule has 4 aliphatic rings. The Hall–Kier alpha value is -3.56. The number of thioether (sulfide) groups is 1. The maximum atomic E-state index is 14.8. The Morgan fingerprint density at radius 2 is 1.79 bits per heavy atom. The number of amides is 2. The molecule has 0 aliphatic carbocycles. The zero-order chi connectivity index (χ0) is 29.5. The van der Waals surface area contributed by atoms with Gasteiger partial charge in [0.1, 0.15) is 11.8 Å². The molecule has 2 amide bonds. The second-order valence-corrected chi connectivity index (χ2v) is 13.3. The van der Waals surface area contributed by atoms with Crippen molar-refractivity contribution in [2.24, 2.45) is 11.8 Å². The highest BCUT2D eigenvalue weighted by Gasteiger charge is 2.74. The summed E-state index contributed by atoms with van der Waals surface area (Å²) in [6, 6.07) is 15.3. The number of carbonyl (C=O) groups excluding carboxylic acids is 3. The summed E-state index contributed by atoms with van der Waals surface area (Å²) in [7, 11) is 1.59. The van der Waals surface area contributed by atoms with Crippen LogP contribution in [0.5, 0.6) is 5.75 Å². The van der Waals surface area contributed by atoms with Crippen molar-refractivity contribution in [2.75, 3.05) is 31.8 Å². The average Bonchev–Trinajstić information content (AvgIpc) is 3.35. The van der Waals surface area contributed by atoms with Crippen LogP contribution in [-0.2, 0) is 25.5 Å². The minimum absolute atomic E-state index is 0.243. The van der Waals surface area contributed by atoms with Gasteiger partial charge in [0.05, 0.1) is 42.9 Å². The van der Waals surface area contributed by atoms with Gasteiger partial charge >= 0.3 is 5.97 Å². The molecule has 2 aromatic rings. The van der Waals surface area contributed by atoms with Crippen molar-refractivity contribution in [1.82, 2.24) is 4.90 Å². The molecule has 9 heteroatoms. The highest BCUT2D eigenvalue weighted by atomic mass is 32.2. The molecule has 2 aromatic carbocycles. The van der Waals surface area contributed by atoms with Crippen LogP contribution in [0.25, 0.3) is 0 Å². The number of esters is 1. The lowest BCUT2D eigenvalue weighted by Gasteiger charge is -2.39. The quantitative estimate of drug-likeness (QED) is 0.405. The van der Waals surface area contributed by atoms with Gasteiger partial charge < -0.3 is 24.4 Å². The number of aliphatic hydroxyl groups is 1. The van der Waals surface area contributed by atoms with Crippen molar-refractivity contribution in [3.05, 3.63) is 84.5 Å². The molecule has 8 nitrogen and oxygen atoms in total. The largest absolute Gasteiger partial charge is 0.497 e. The van der Waals surface area contributed by atoms with E-state index in [0.717, 1.165) is 12.0 Å². The normalized spacial score (nSPS) is 32.1. The molecule has 0 aromatic heterocycles. The number of fused-ring (bicyclic) bond motifs is 2. The SMILES string of the molecule is COc1ccc(N2CC=C[C@]34S[C@@]5(C)/C=C\CCCOC(=O)[C@H]5[C@H]3C(=O)N([C@@H](CO)Cc3ccccc3)C4C2=O)cc1. The molecule has 6 atom stereocenters. The first kappa shape index (κ1) is 28.6. The number of hydrogen-bond donors (Lipinski definition) is 1.